The number of piperidine rings is 1. The molecule has 1 fully saturated rings. The third kappa shape index (κ3) is 5.66. The number of esters is 1. The number of carbonyl (C=O) groups excluding carboxylic acids is 2. The zero-order valence-corrected chi connectivity index (χ0v) is 16.3. The summed E-state index contributed by atoms with van der Waals surface area (Å²) in [6.45, 7) is 3.13. The molecule has 0 radical (unpaired) electrons. The Kier molecular flexibility index (Phi) is 8.19. The van der Waals surface area contributed by atoms with Crippen LogP contribution in [0.5, 0.6) is 0 Å². The van der Waals surface area contributed by atoms with Gasteiger partial charge in [0.05, 0.1) is 17.1 Å². The van der Waals surface area contributed by atoms with Crippen molar-refractivity contribution in [3.8, 4) is 0 Å². The average Bonchev–Trinajstić information content (AvgIpc) is 2.71. The number of likely N-dealkylation sites (tertiary alicyclic amines) is 1. The normalized spacial score (nSPS) is 16.5. The van der Waals surface area contributed by atoms with Gasteiger partial charge in [0.15, 0.2) is 6.61 Å². The maximum atomic E-state index is 12.5. The molecule has 0 bridgehead atoms. The van der Waals surface area contributed by atoms with Crippen LogP contribution in [0.15, 0.2) is 18.2 Å². The lowest BCUT2D eigenvalue weighted by Crippen LogP contribution is -2.45. The molecular weight excluding hydrogens is 366 g/mol. The van der Waals surface area contributed by atoms with Gasteiger partial charge in [-0.25, -0.2) is 4.79 Å². The third-order valence-electron chi connectivity index (χ3n) is 4.80. The average molecular weight is 393 g/mol. The van der Waals surface area contributed by atoms with Crippen molar-refractivity contribution in [1.82, 2.24) is 4.90 Å². The Bertz CT molecular complexity index is 709. The minimum atomic E-state index is -0.776. The fourth-order valence-electron chi connectivity index (χ4n) is 3.30. The number of rotatable bonds is 9. The number of nitro benzene ring substituents is 1. The summed E-state index contributed by atoms with van der Waals surface area (Å²) in [5.41, 5.74) is 0.186. The van der Waals surface area contributed by atoms with Crippen molar-refractivity contribution in [3.63, 3.8) is 0 Å². The highest BCUT2D eigenvalue weighted by atomic mass is 16.6. The number of nitro groups is 1. The lowest BCUT2D eigenvalue weighted by molar-refractivity contribution is -0.384. The molecule has 0 aliphatic carbocycles. The number of hydrogen-bond donors (Lipinski definition) is 1. The summed E-state index contributed by atoms with van der Waals surface area (Å²) in [6.07, 6.45) is 3.84. The van der Waals surface area contributed by atoms with Crippen LogP contribution < -0.4 is 5.32 Å². The number of non-ortho nitro benzene ring substituents is 1. The van der Waals surface area contributed by atoms with E-state index in [1.807, 2.05) is 6.92 Å². The molecule has 2 rings (SSSR count). The van der Waals surface area contributed by atoms with Crippen LogP contribution >= 0.6 is 0 Å². The number of benzene rings is 1. The van der Waals surface area contributed by atoms with Gasteiger partial charge in [0.1, 0.15) is 0 Å². The Morgan fingerprint density at radius 1 is 1.36 bits per heavy atom. The Morgan fingerprint density at radius 3 is 2.82 bits per heavy atom. The van der Waals surface area contributed by atoms with Gasteiger partial charge >= 0.3 is 5.97 Å². The van der Waals surface area contributed by atoms with E-state index < -0.39 is 10.9 Å². The van der Waals surface area contributed by atoms with E-state index in [0.717, 1.165) is 31.7 Å². The molecule has 1 aliphatic heterocycles. The van der Waals surface area contributed by atoms with Crippen molar-refractivity contribution in [3.05, 3.63) is 33.9 Å². The number of methoxy groups -OCH3 is 1. The predicted molar refractivity (Wildman–Crippen MR) is 103 cm³/mol. The van der Waals surface area contributed by atoms with Crippen molar-refractivity contribution < 1.29 is 24.0 Å². The highest BCUT2D eigenvalue weighted by molar-refractivity contribution is 5.97. The molecule has 28 heavy (non-hydrogen) atoms. The van der Waals surface area contributed by atoms with Crippen molar-refractivity contribution in [2.75, 3.05) is 38.7 Å². The molecule has 9 nitrogen and oxygen atoms in total. The number of carbonyl (C=O) groups is 2. The van der Waals surface area contributed by atoms with Crippen LogP contribution in [0.2, 0.25) is 0 Å². The highest BCUT2D eigenvalue weighted by Crippen LogP contribution is 2.24. The topological polar surface area (TPSA) is 111 Å². The second-order valence-electron chi connectivity index (χ2n) is 6.63. The van der Waals surface area contributed by atoms with Gasteiger partial charge in [-0.3, -0.25) is 14.9 Å². The van der Waals surface area contributed by atoms with E-state index in [0.29, 0.717) is 25.4 Å². The van der Waals surface area contributed by atoms with E-state index in [-0.39, 0.29) is 29.8 Å². The summed E-state index contributed by atoms with van der Waals surface area (Å²) in [7, 11) is 1.54. The summed E-state index contributed by atoms with van der Waals surface area (Å²) in [4.78, 5) is 37.2. The molecule has 1 amide bonds. The predicted octanol–water partition coefficient (Wildman–Crippen LogP) is 2.60. The standard InChI is InChI=1S/C19H27N3O6/c1-3-14-6-4-5-10-21(14)18(23)13-28-19(24)16-12-15(22(25)26)7-8-17(16)20-9-11-27-2/h7-8,12,14,20H,3-6,9-11,13H2,1-2H3/t14-/m1/s1. The van der Waals surface area contributed by atoms with Crippen LogP contribution in [0.1, 0.15) is 43.0 Å². The van der Waals surface area contributed by atoms with E-state index in [2.05, 4.69) is 5.32 Å². The zero-order chi connectivity index (χ0) is 20.5. The number of ether oxygens (including phenoxy) is 2. The van der Waals surface area contributed by atoms with Crippen molar-refractivity contribution in [1.29, 1.82) is 0 Å². The van der Waals surface area contributed by atoms with Crippen LogP contribution in [0.25, 0.3) is 0 Å². The van der Waals surface area contributed by atoms with E-state index >= 15 is 0 Å². The number of amides is 1. The van der Waals surface area contributed by atoms with E-state index in [1.54, 1.807) is 12.0 Å². The molecule has 1 aliphatic rings. The molecule has 1 saturated heterocycles. The van der Waals surface area contributed by atoms with Crippen LogP contribution in [0.4, 0.5) is 11.4 Å². The molecular formula is C19H27N3O6. The maximum absolute atomic E-state index is 12.5. The first kappa shape index (κ1) is 21.6. The van der Waals surface area contributed by atoms with E-state index in [4.69, 9.17) is 9.47 Å². The third-order valence-corrected chi connectivity index (χ3v) is 4.80. The molecule has 154 valence electrons. The summed E-state index contributed by atoms with van der Waals surface area (Å²) >= 11 is 0. The van der Waals surface area contributed by atoms with Crippen LogP contribution in [-0.4, -0.2) is 61.2 Å². The molecule has 0 spiro atoms. The lowest BCUT2D eigenvalue weighted by atomic mass is 10.00. The van der Waals surface area contributed by atoms with Gasteiger partial charge in [-0.15, -0.1) is 0 Å². The Hall–Kier alpha value is -2.68. The molecule has 0 unspecified atom stereocenters. The quantitative estimate of drug-likeness (QED) is 0.297. The summed E-state index contributed by atoms with van der Waals surface area (Å²) in [5.74, 6) is -1.01. The van der Waals surface area contributed by atoms with Gasteiger partial charge in [-0.1, -0.05) is 6.92 Å². The van der Waals surface area contributed by atoms with Crippen molar-refractivity contribution >= 4 is 23.3 Å². The number of hydrogen-bond acceptors (Lipinski definition) is 7. The summed E-state index contributed by atoms with van der Waals surface area (Å²) in [6, 6.07) is 4.07. The molecule has 9 heteroatoms. The monoisotopic (exact) mass is 393 g/mol. The van der Waals surface area contributed by atoms with Crippen LogP contribution in [0, 0.1) is 10.1 Å². The Labute approximate surface area is 164 Å². The van der Waals surface area contributed by atoms with E-state index in [1.165, 1.54) is 12.1 Å². The summed E-state index contributed by atoms with van der Waals surface area (Å²) < 4.78 is 10.1. The minimum absolute atomic E-state index is 0.0174. The van der Waals surface area contributed by atoms with Gasteiger partial charge in [0, 0.05) is 44.1 Å². The van der Waals surface area contributed by atoms with Gasteiger partial charge in [-0.2, -0.15) is 0 Å². The SMILES string of the molecule is CC[C@@H]1CCCCN1C(=O)COC(=O)c1cc([N+](=O)[O-])ccc1NCCOC. The van der Waals surface area contributed by atoms with Gasteiger partial charge < -0.3 is 19.7 Å². The smallest absolute Gasteiger partial charge is 0.341 e. The largest absolute Gasteiger partial charge is 0.452 e. The number of anilines is 1. The minimum Gasteiger partial charge on any atom is -0.452 e. The lowest BCUT2D eigenvalue weighted by Gasteiger charge is -2.35. The molecule has 1 aromatic carbocycles. The fraction of sp³-hybridized carbons (Fsp3) is 0.579. The molecule has 1 aromatic rings. The summed E-state index contributed by atoms with van der Waals surface area (Å²) in [5, 5.41) is 14.0. The molecule has 0 aromatic heterocycles. The van der Waals surface area contributed by atoms with Crippen LogP contribution in [0.3, 0.4) is 0 Å². The van der Waals surface area contributed by atoms with Gasteiger partial charge in [0.25, 0.3) is 11.6 Å². The highest BCUT2D eigenvalue weighted by Gasteiger charge is 2.26. The Balaban J connectivity index is 2.07. The Morgan fingerprint density at radius 2 is 2.14 bits per heavy atom. The zero-order valence-electron chi connectivity index (χ0n) is 16.3. The van der Waals surface area contributed by atoms with Crippen molar-refractivity contribution in [2.45, 2.75) is 38.6 Å². The second-order valence-corrected chi connectivity index (χ2v) is 6.63. The van der Waals surface area contributed by atoms with Gasteiger partial charge in [-0.05, 0) is 31.7 Å². The molecule has 1 heterocycles. The molecule has 1 N–H and O–H groups in total. The first-order valence-electron chi connectivity index (χ1n) is 9.45. The number of nitrogens with one attached hydrogen (secondary N) is 1. The van der Waals surface area contributed by atoms with Crippen LogP contribution in [-0.2, 0) is 14.3 Å². The fourth-order valence-corrected chi connectivity index (χ4v) is 3.30. The van der Waals surface area contributed by atoms with Gasteiger partial charge in [0.2, 0.25) is 0 Å². The first-order chi connectivity index (χ1) is 13.5. The first-order valence-corrected chi connectivity index (χ1v) is 9.45. The molecule has 0 saturated carbocycles. The van der Waals surface area contributed by atoms with Crippen molar-refractivity contribution in [2.24, 2.45) is 0 Å². The second kappa shape index (κ2) is 10.6. The molecule has 1 atom stereocenters. The maximum Gasteiger partial charge on any atom is 0.341 e. The number of nitrogens with zero attached hydrogens (tertiary/aromatic N) is 2. The van der Waals surface area contributed by atoms with E-state index in [9.17, 15) is 19.7 Å².